The van der Waals surface area contributed by atoms with Gasteiger partial charge in [-0.2, -0.15) is 0 Å². The number of piperidine rings is 3. The van der Waals surface area contributed by atoms with Crippen LogP contribution in [0.4, 0.5) is 13.2 Å². The fraction of sp³-hybridized carbons (Fsp3) is 0.400. The zero-order chi connectivity index (χ0) is 63.3. The van der Waals surface area contributed by atoms with E-state index in [0.29, 0.717) is 83.8 Å². The van der Waals surface area contributed by atoms with Crippen molar-refractivity contribution in [2.24, 2.45) is 17.8 Å². The highest BCUT2D eigenvalue weighted by atomic mass is 19.1. The fourth-order valence-corrected chi connectivity index (χ4v) is 9.59. The third-order valence-corrected chi connectivity index (χ3v) is 13.3. The van der Waals surface area contributed by atoms with E-state index in [1.165, 1.54) is 68.4 Å². The van der Waals surface area contributed by atoms with Gasteiger partial charge in [0.2, 0.25) is 18.8 Å². The van der Waals surface area contributed by atoms with Gasteiger partial charge in [0.05, 0.1) is 28.0 Å². The Morgan fingerprint density at radius 1 is 0.493 bits per heavy atom. The van der Waals surface area contributed by atoms with E-state index < -0.39 is 73.9 Å². The second-order valence-electron chi connectivity index (χ2n) is 18.5. The summed E-state index contributed by atoms with van der Waals surface area (Å²) in [5.74, 6) is -0.418. The van der Waals surface area contributed by atoms with Crippen molar-refractivity contribution in [3.05, 3.63) is 161 Å². The van der Waals surface area contributed by atoms with E-state index >= 15 is 0 Å². The van der Waals surface area contributed by atoms with Gasteiger partial charge >= 0.3 is 0 Å². The highest BCUT2D eigenvalue weighted by Gasteiger charge is 2.31. The van der Waals surface area contributed by atoms with Crippen molar-refractivity contribution in [3.63, 3.8) is 0 Å². The Kier molecular flexibility index (Phi) is 12.2. The summed E-state index contributed by atoms with van der Waals surface area (Å²) in [6.45, 7) is 1.05. The van der Waals surface area contributed by atoms with Crippen LogP contribution in [0.3, 0.4) is 0 Å². The second-order valence-corrected chi connectivity index (χ2v) is 18.5. The van der Waals surface area contributed by atoms with E-state index in [1.807, 2.05) is 18.2 Å². The minimum absolute atomic E-state index is 0.0253. The third-order valence-electron chi connectivity index (χ3n) is 13.3. The molecule has 3 fully saturated rings. The van der Waals surface area contributed by atoms with Crippen LogP contribution in [-0.2, 0) is 0 Å². The first-order valence-corrected chi connectivity index (χ1v) is 24.8. The van der Waals surface area contributed by atoms with Crippen LogP contribution in [-0.4, -0.2) is 77.7 Å². The van der Waals surface area contributed by atoms with E-state index in [-0.39, 0.29) is 59.8 Å². The number of nitrogens with one attached hydrogen (secondary N) is 3. The molecule has 15 heteroatoms. The molecule has 6 aliphatic rings. The molecule has 0 saturated carbocycles. The van der Waals surface area contributed by atoms with Gasteiger partial charge in [0, 0.05) is 81.8 Å². The van der Waals surface area contributed by atoms with Crippen LogP contribution in [0.1, 0.15) is 92.3 Å². The molecule has 0 bridgehead atoms. The van der Waals surface area contributed by atoms with Crippen LogP contribution in [0.2, 0.25) is 0 Å². The van der Waals surface area contributed by atoms with Crippen molar-refractivity contribution >= 4 is 0 Å². The molecule has 12 nitrogen and oxygen atoms in total. The third kappa shape index (κ3) is 13.4. The van der Waals surface area contributed by atoms with Gasteiger partial charge < -0.3 is 58.6 Å². The molecule has 6 aromatic rings. The molecule has 6 aliphatic heterocycles. The van der Waals surface area contributed by atoms with Crippen molar-refractivity contribution in [3.8, 4) is 51.7 Å². The van der Waals surface area contributed by atoms with E-state index in [2.05, 4.69) is 16.0 Å². The smallest absolute Gasteiger partial charge is 0.238 e. The van der Waals surface area contributed by atoms with Gasteiger partial charge in [-0.1, -0.05) is 36.4 Å². The molecule has 396 valence electrons. The molecule has 0 aromatic heterocycles. The Balaban J connectivity index is 0.000000147. The van der Waals surface area contributed by atoms with Gasteiger partial charge in [0.15, 0.2) is 34.5 Å². The minimum Gasteiger partial charge on any atom is -0.493 e. The molecule has 3 unspecified atom stereocenters. The molecule has 0 amide bonds. The number of ether oxygens (including phenoxy) is 9. The fourth-order valence-electron chi connectivity index (χ4n) is 9.59. The Hall–Kier alpha value is -6.81. The Morgan fingerprint density at radius 2 is 0.907 bits per heavy atom. The van der Waals surface area contributed by atoms with Crippen LogP contribution in [0, 0.1) is 35.2 Å². The molecule has 9 atom stereocenters. The van der Waals surface area contributed by atoms with E-state index in [4.69, 9.17) is 60.5 Å². The maximum atomic E-state index is 13.9. The molecule has 3 saturated heterocycles. The summed E-state index contributed by atoms with van der Waals surface area (Å²) in [6.07, 6.45) is -3.14. The SMILES string of the molecule is [2H]C1(C)Oc2ccc(OC[C@H]3CNCC[C@@H]3c3ccc(F)cc3)cc2O1.[2H]C1([2H])C[C@@H](c2ccc(F)cc2)[C@H](C([2H])([2H])Oc2ccc3c(c2)OC([2H])(C)O3)C([2H])([2H])N1.[2H]c1c([2H])c([C@H]2CCNC[C@@H]2COc2ccc3c(c2)OC([2H])(C)O3)c([2H])c([2H])c1F. The van der Waals surface area contributed by atoms with Crippen LogP contribution in [0.15, 0.2) is 127 Å². The maximum Gasteiger partial charge on any atom is 0.238 e. The lowest BCUT2D eigenvalue weighted by Crippen LogP contribution is -2.38. The van der Waals surface area contributed by atoms with Gasteiger partial charge in [0.1, 0.15) is 38.8 Å². The lowest BCUT2D eigenvalue weighted by molar-refractivity contribution is 0.0673. The zero-order valence-electron chi connectivity index (χ0n) is 54.5. The monoisotopic (exact) mass is 1040 g/mol. The Bertz CT molecular complexity index is 3480. The summed E-state index contributed by atoms with van der Waals surface area (Å²) >= 11 is 0. The van der Waals surface area contributed by atoms with Crippen LogP contribution in [0.5, 0.6) is 51.7 Å². The van der Waals surface area contributed by atoms with Crippen LogP contribution >= 0.6 is 0 Å². The molecule has 6 aromatic carbocycles. The summed E-state index contributed by atoms with van der Waals surface area (Å²) < 4.78 is 196. The van der Waals surface area contributed by atoms with E-state index in [1.54, 1.807) is 37.3 Å². The Labute approximate surface area is 455 Å². The van der Waals surface area contributed by atoms with Gasteiger partial charge in [-0.25, -0.2) is 13.2 Å². The molecule has 3 N–H and O–H groups in total. The molecule has 0 spiro atoms. The first-order chi connectivity index (χ1) is 41.4. The molecular formula is C60H66F3N3O9. The lowest BCUT2D eigenvalue weighted by Gasteiger charge is -2.32. The summed E-state index contributed by atoms with van der Waals surface area (Å²) in [6, 6.07) is 24.6. The summed E-state index contributed by atoms with van der Waals surface area (Å²) in [5.41, 5.74) is 1.78. The van der Waals surface area contributed by atoms with Gasteiger partial charge in [-0.3, -0.25) is 0 Å². The summed E-state index contributed by atoms with van der Waals surface area (Å²) in [4.78, 5) is 0. The molecule has 6 heterocycles. The first-order valence-electron chi connectivity index (χ1n) is 31.3. The average molecular weight is 1040 g/mol. The predicted molar refractivity (Wildman–Crippen MR) is 278 cm³/mol. The summed E-state index contributed by atoms with van der Waals surface area (Å²) in [5, 5.41) is 8.91. The molecule has 0 radical (unpaired) electrons. The zero-order valence-corrected chi connectivity index (χ0v) is 41.5. The van der Waals surface area contributed by atoms with Gasteiger partial charge in [-0.15, -0.1) is 0 Å². The minimum atomic E-state index is -2.61. The van der Waals surface area contributed by atoms with Gasteiger partial charge in [-0.05, 0) is 146 Å². The largest absolute Gasteiger partial charge is 0.493 e. The number of halogens is 3. The number of benzene rings is 6. The van der Waals surface area contributed by atoms with Crippen molar-refractivity contribution < 1.29 is 73.6 Å². The number of hydrogen-bond acceptors (Lipinski definition) is 12. The average Bonchev–Trinajstić information content (AvgIpc) is 1.26. The number of fused-ring (bicyclic) bond motifs is 3. The standard InChI is InChI=1S/3C20H22FNO3/c3*1-13-24-19-7-6-17(10-20(19)25-13)23-12-15-11-22-9-8-18(15)14-2-4-16(21)5-3-14/h3*2-7,10,13,15,18,22H,8-9,11-12H2,1H3/t3*13?,15-,18-/m110/s1/i2D,3D,4D,5D,13D;13D;9D2,11D2,12D2,13D. The Morgan fingerprint density at radius 3 is 1.37 bits per heavy atom. The predicted octanol–water partition coefficient (Wildman–Crippen LogP) is 11.1. The normalized spacial score (nSPS) is 31.9. The maximum absolute atomic E-state index is 13.9. The topological polar surface area (TPSA) is 119 Å². The summed E-state index contributed by atoms with van der Waals surface area (Å²) in [7, 11) is 0. The highest BCUT2D eigenvalue weighted by Crippen LogP contribution is 2.41. The number of rotatable bonds is 12. The lowest BCUT2D eigenvalue weighted by atomic mass is 9.81. The number of hydrogen-bond donors (Lipinski definition) is 3. The molecule has 0 aliphatic carbocycles. The van der Waals surface area contributed by atoms with Gasteiger partial charge in [0.25, 0.3) is 0 Å². The van der Waals surface area contributed by atoms with E-state index in [9.17, 15) is 13.2 Å². The molecule has 12 rings (SSSR count). The van der Waals surface area contributed by atoms with Crippen molar-refractivity contribution in [1.82, 2.24) is 16.0 Å². The van der Waals surface area contributed by atoms with Crippen molar-refractivity contribution in [2.75, 3.05) is 58.9 Å². The molecular weight excluding hydrogens is 964 g/mol. The van der Waals surface area contributed by atoms with E-state index in [0.717, 1.165) is 25.1 Å². The second kappa shape index (κ2) is 24.2. The quantitative estimate of drug-likeness (QED) is 0.108. The first kappa shape index (κ1) is 37.8. The molecule has 75 heavy (non-hydrogen) atoms. The van der Waals surface area contributed by atoms with Crippen LogP contribution in [0.25, 0.3) is 0 Å². The highest BCUT2D eigenvalue weighted by molar-refractivity contribution is 5.49. The van der Waals surface area contributed by atoms with Crippen molar-refractivity contribution in [1.29, 1.82) is 0 Å². The van der Waals surface area contributed by atoms with Crippen LogP contribution < -0.4 is 58.6 Å². The van der Waals surface area contributed by atoms with Crippen molar-refractivity contribution in [2.45, 2.75) is 76.6 Å².